The summed E-state index contributed by atoms with van der Waals surface area (Å²) < 4.78 is 29.4. The number of rotatable bonds is 9. The molecule has 1 aromatic carbocycles. The number of benzene rings is 1. The monoisotopic (exact) mass is 405 g/mol. The molecule has 1 N–H and O–H groups in total. The third-order valence-corrected chi connectivity index (χ3v) is 4.70. The van der Waals surface area contributed by atoms with Crippen LogP contribution in [0.15, 0.2) is 35.1 Å². The van der Waals surface area contributed by atoms with Crippen LogP contribution in [0.4, 0.5) is 4.39 Å². The van der Waals surface area contributed by atoms with Crippen molar-refractivity contribution in [2.75, 3.05) is 40.0 Å². The highest BCUT2D eigenvalue weighted by molar-refractivity contribution is 5.78. The summed E-state index contributed by atoms with van der Waals surface area (Å²) in [6.45, 7) is 1.66. The third-order valence-electron chi connectivity index (χ3n) is 4.70. The molecule has 1 saturated heterocycles. The largest absolute Gasteiger partial charge is 0.383 e. The Morgan fingerprint density at radius 2 is 2.24 bits per heavy atom. The highest BCUT2D eigenvalue weighted by Gasteiger charge is 2.26. The predicted octanol–water partition coefficient (Wildman–Crippen LogP) is 1.40. The minimum absolute atomic E-state index is 0.00304. The normalized spacial score (nSPS) is 16.8. The topological polar surface area (TPSA) is 93.9 Å². The van der Waals surface area contributed by atoms with Gasteiger partial charge in [-0.05, 0) is 18.6 Å². The van der Waals surface area contributed by atoms with Crippen LogP contribution in [0.25, 0.3) is 11.3 Å². The standard InChI is InChI=1S/C20H24FN3O5/c1-27-9-8-24-11-15(28-13-19(24)26)10-22-18(25)7-6-14-12-29-23-20(14)16-4-2-3-5-17(16)21/h2-5,12,15H,6-11,13H2,1H3,(H,22,25). The molecule has 0 spiro atoms. The van der Waals surface area contributed by atoms with E-state index >= 15 is 0 Å². The van der Waals surface area contributed by atoms with Crippen molar-refractivity contribution in [2.24, 2.45) is 0 Å². The fourth-order valence-corrected chi connectivity index (χ4v) is 3.10. The van der Waals surface area contributed by atoms with Gasteiger partial charge in [0.25, 0.3) is 0 Å². The zero-order valence-electron chi connectivity index (χ0n) is 16.2. The number of hydrogen-bond donors (Lipinski definition) is 1. The van der Waals surface area contributed by atoms with Gasteiger partial charge in [0.05, 0.1) is 12.7 Å². The van der Waals surface area contributed by atoms with Crippen LogP contribution >= 0.6 is 0 Å². The van der Waals surface area contributed by atoms with Crippen LogP contribution in [0.1, 0.15) is 12.0 Å². The molecule has 0 saturated carbocycles. The van der Waals surface area contributed by atoms with E-state index in [9.17, 15) is 14.0 Å². The molecular formula is C20H24FN3O5. The van der Waals surface area contributed by atoms with Crippen LogP contribution in [0.3, 0.4) is 0 Å². The Balaban J connectivity index is 1.47. The summed E-state index contributed by atoms with van der Waals surface area (Å²) in [6, 6.07) is 6.29. The van der Waals surface area contributed by atoms with Crippen LogP contribution < -0.4 is 5.32 Å². The highest BCUT2D eigenvalue weighted by atomic mass is 19.1. The fraction of sp³-hybridized carbons (Fsp3) is 0.450. The van der Waals surface area contributed by atoms with Crippen molar-refractivity contribution in [3.63, 3.8) is 0 Å². The van der Waals surface area contributed by atoms with Crippen molar-refractivity contribution >= 4 is 11.8 Å². The number of amides is 2. The Morgan fingerprint density at radius 1 is 1.41 bits per heavy atom. The molecule has 156 valence electrons. The smallest absolute Gasteiger partial charge is 0.248 e. The molecule has 1 aromatic heterocycles. The maximum Gasteiger partial charge on any atom is 0.248 e. The van der Waals surface area contributed by atoms with Gasteiger partial charge < -0.3 is 24.2 Å². The summed E-state index contributed by atoms with van der Waals surface area (Å²) in [6.07, 6.45) is 1.72. The van der Waals surface area contributed by atoms with Crippen LogP contribution in [-0.2, 0) is 25.5 Å². The lowest BCUT2D eigenvalue weighted by Gasteiger charge is -2.32. The number of methoxy groups -OCH3 is 1. The number of aromatic nitrogens is 1. The van der Waals surface area contributed by atoms with E-state index in [0.717, 1.165) is 0 Å². The van der Waals surface area contributed by atoms with Gasteiger partial charge in [0.2, 0.25) is 11.8 Å². The average Bonchev–Trinajstić information content (AvgIpc) is 3.19. The van der Waals surface area contributed by atoms with Gasteiger partial charge in [0, 0.05) is 44.3 Å². The average molecular weight is 405 g/mol. The lowest BCUT2D eigenvalue weighted by molar-refractivity contribution is -0.149. The van der Waals surface area contributed by atoms with E-state index in [2.05, 4.69) is 10.5 Å². The number of halogens is 1. The summed E-state index contributed by atoms with van der Waals surface area (Å²) in [5, 5.41) is 6.69. The zero-order chi connectivity index (χ0) is 20.6. The van der Waals surface area contributed by atoms with Gasteiger partial charge in [-0.25, -0.2) is 4.39 Å². The van der Waals surface area contributed by atoms with Crippen LogP contribution in [0, 0.1) is 5.82 Å². The molecule has 1 aliphatic rings. The Labute approximate surface area is 167 Å². The van der Waals surface area contributed by atoms with Crippen LogP contribution in [-0.4, -0.2) is 67.9 Å². The maximum absolute atomic E-state index is 14.0. The van der Waals surface area contributed by atoms with E-state index in [4.69, 9.17) is 14.0 Å². The number of nitrogens with zero attached hydrogens (tertiary/aromatic N) is 2. The van der Waals surface area contributed by atoms with E-state index in [-0.39, 0.29) is 30.9 Å². The van der Waals surface area contributed by atoms with Crippen LogP contribution in [0.2, 0.25) is 0 Å². The summed E-state index contributed by atoms with van der Waals surface area (Å²) in [4.78, 5) is 25.7. The number of carbonyl (C=O) groups is 2. The minimum Gasteiger partial charge on any atom is -0.383 e. The molecule has 0 radical (unpaired) electrons. The lowest BCUT2D eigenvalue weighted by atomic mass is 10.0. The molecule has 9 heteroatoms. The van der Waals surface area contributed by atoms with E-state index in [1.807, 2.05) is 0 Å². The molecule has 1 unspecified atom stereocenters. The number of carbonyl (C=O) groups excluding carboxylic acids is 2. The van der Waals surface area contributed by atoms with Gasteiger partial charge in [0.1, 0.15) is 24.4 Å². The molecule has 29 heavy (non-hydrogen) atoms. The Hall–Kier alpha value is -2.78. The predicted molar refractivity (Wildman–Crippen MR) is 101 cm³/mol. The SMILES string of the molecule is COCCN1CC(CNC(=O)CCc2conc2-c2ccccc2F)OCC1=O. The first kappa shape index (κ1) is 20.9. The summed E-state index contributed by atoms with van der Waals surface area (Å²) in [7, 11) is 1.58. The second-order valence-electron chi connectivity index (χ2n) is 6.74. The van der Waals surface area contributed by atoms with Gasteiger partial charge in [0.15, 0.2) is 0 Å². The molecule has 1 atom stereocenters. The maximum atomic E-state index is 14.0. The van der Waals surface area contributed by atoms with E-state index < -0.39 is 5.82 Å². The minimum atomic E-state index is -0.394. The molecule has 8 nitrogen and oxygen atoms in total. The lowest BCUT2D eigenvalue weighted by Crippen LogP contribution is -2.51. The number of morpholine rings is 1. The number of nitrogens with one attached hydrogen (secondary N) is 1. The van der Waals surface area contributed by atoms with Crippen molar-refractivity contribution in [3.05, 3.63) is 41.9 Å². The molecule has 2 heterocycles. The van der Waals surface area contributed by atoms with Crippen molar-refractivity contribution < 1.29 is 28.0 Å². The second kappa shape index (κ2) is 10.1. The van der Waals surface area contributed by atoms with Gasteiger partial charge >= 0.3 is 0 Å². The zero-order valence-corrected chi connectivity index (χ0v) is 16.2. The Morgan fingerprint density at radius 3 is 3.03 bits per heavy atom. The Bertz CT molecular complexity index is 841. The molecule has 2 aromatic rings. The molecule has 2 amide bonds. The van der Waals surface area contributed by atoms with E-state index in [1.165, 1.54) is 12.3 Å². The molecular weight excluding hydrogens is 381 g/mol. The van der Waals surface area contributed by atoms with Crippen molar-refractivity contribution in [1.82, 2.24) is 15.4 Å². The fourth-order valence-electron chi connectivity index (χ4n) is 3.10. The number of aryl methyl sites for hydroxylation is 1. The molecule has 0 bridgehead atoms. The number of ether oxygens (including phenoxy) is 2. The van der Waals surface area contributed by atoms with Crippen molar-refractivity contribution in [1.29, 1.82) is 0 Å². The van der Waals surface area contributed by atoms with Gasteiger partial charge in [-0.1, -0.05) is 17.3 Å². The quantitative estimate of drug-likeness (QED) is 0.678. The van der Waals surface area contributed by atoms with Gasteiger partial charge in [-0.3, -0.25) is 9.59 Å². The summed E-state index contributed by atoms with van der Waals surface area (Å²) >= 11 is 0. The van der Waals surface area contributed by atoms with E-state index in [1.54, 1.807) is 30.2 Å². The van der Waals surface area contributed by atoms with E-state index in [0.29, 0.717) is 49.5 Å². The molecule has 1 fully saturated rings. The first-order chi connectivity index (χ1) is 14.1. The van der Waals surface area contributed by atoms with Gasteiger partial charge in [-0.15, -0.1) is 0 Å². The third kappa shape index (κ3) is 5.61. The van der Waals surface area contributed by atoms with Crippen molar-refractivity contribution in [2.45, 2.75) is 18.9 Å². The van der Waals surface area contributed by atoms with Crippen molar-refractivity contribution in [3.8, 4) is 11.3 Å². The van der Waals surface area contributed by atoms with Crippen LogP contribution in [0.5, 0.6) is 0 Å². The van der Waals surface area contributed by atoms with Gasteiger partial charge in [-0.2, -0.15) is 0 Å². The molecule has 3 rings (SSSR count). The highest BCUT2D eigenvalue weighted by Crippen LogP contribution is 2.25. The number of hydrogen-bond acceptors (Lipinski definition) is 6. The first-order valence-corrected chi connectivity index (χ1v) is 9.41. The second-order valence-corrected chi connectivity index (χ2v) is 6.74. The Kier molecular flexibility index (Phi) is 7.31. The summed E-state index contributed by atoms with van der Waals surface area (Å²) in [5.41, 5.74) is 1.40. The molecule has 0 aliphatic carbocycles. The first-order valence-electron chi connectivity index (χ1n) is 9.41. The summed E-state index contributed by atoms with van der Waals surface area (Å²) in [5.74, 6) is -0.651. The molecule has 1 aliphatic heterocycles.